The van der Waals surface area contributed by atoms with Crippen molar-refractivity contribution in [2.24, 2.45) is 7.05 Å². The largest absolute Gasteiger partial charge is 0.386 e. The predicted molar refractivity (Wildman–Crippen MR) is 67.7 cm³/mol. The number of aryl methyl sites for hydroxylation is 2. The third-order valence-corrected chi connectivity index (χ3v) is 2.94. The highest BCUT2D eigenvalue weighted by Crippen LogP contribution is 2.16. The van der Waals surface area contributed by atoms with Crippen LogP contribution in [0.4, 0.5) is 0 Å². The zero-order valence-electron chi connectivity index (χ0n) is 10.3. The maximum Gasteiger partial charge on any atom is 0.102 e. The van der Waals surface area contributed by atoms with Crippen molar-refractivity contribution in [3.8, 4) is 0 Å². The van der Waals surface area contributed by atoms with Gasteiger partial charge in [-0.1, -0.05) is 31.2 Å². The van der Waals surface area contributed by atoms with Crippen molar-refractivity contribution in [2.75, 3.05) is 0 Å². The van der Waals surface area contributed by atoms with Crippen LogP contribution in [0.5, 0.6) is 0 Å². The Morgan fingerprint density at radius 1 is 1.18 bits per heavy atom. The minimum absolute atomic E-state index is 0.524. The molecule has 0 fully saturated rings. The molecule has 90 valence electrons. The number of nitrogens with zero attached hydrogens (tertiary/aromatic N) is 2. The molecule has 1 aromatic heterocycles. The van der Waals surface area contributed by atoms with Gasteiger partial charge in [0.05, 0.1) is 5.69 Å². The van der Waals surface area contributed by atoms with Gasteiger partial charge in [-0.2, -0.15) is 5.10 Å². The van der Waals surface area contributed by atoms with Gasteiger partial charge in [0, 0.05) is 19.7 Å². The van der Waals surface area contributed by atoms with E-state index < -0.39 is 6.10 Å². The second-order valence-electron chi connectivity index (χ2n) is 4.30. The minimum Gasteiger partial charge on any atom is -0.386 e. The molecule has 3 heteroatoms. The molecule has 0 aliphatic heterocycles. The zero-order valence-corrected chi connectivity index (χ0v) is 10.3. The Hall–Kier alpha value is -1.61. The van der Waals surface area contributed by atoms with Crippen molar-refractivity contribution in [2.45, 2.75) is 25.9 Å². The van der Waals surface area contributed by atoms with E-state index in [1.165, 1.54) is 5.56 Å². The van der Waals surface area contributed by atoms with Crippen LogP contribution >= 0.6 is 0 Å². The third kappa shape index (κ3) is 2.94. The van der Waals surface area contributed by atoms with Gasteiger partial charge in [-0.05, 0) is 23.6 Å². The van der Waals surface area contributed by atoms with Crippen LogP contribution in [0.1, 0.15) is 29.8 Å². The fraction of sp³-hybridized carbons (Fsp3) is 0.357. The molecule has 0 bridgehead atoms. The van der Waals surface area contributed by atoms with Gasteiger partial charge in [0.25, 0.3) is 0 Å². The first kappa shape index (κ1) is 11.9. The summed E-state index contributed by atoms with van der Waals surface area (Å²) in [7, 11) is 1.85. The Bertz CT molecular complexity index is 473. The molecule has 0 aliphatic rings. The van der Waals surface area contributed by atoms with Gasteiger partial charge >= 0.3 is 0 Å². The van der Waals surface area contributed by atoms with Crippen molar-refractivity contribution < 1.29 is 5.11 Å². The topological polar surface area (TPSA) is 38.0 Å². The first-order valence-corrected chi connectivity index (χ1v) is 5.94. The molecule has 1 unspecified atom stereocenters. The lowest BCUT2D eigenvalue weighted by Crippen LogP contribution is -2.03. The van der Waals surface area contributed by atoms with E-state index in [-0.39, 0.29) is 0 Å². The van der Waals surface area contributed by atoms with E-state index in [2.05, 4.69) is 36.3 Å². The number of aromatic nitrogens is 2. The van der Waals surface area contributed by atoms with Crippen LogP contribution in [0.15, 0.2) is 36.5 Å². The van der Waals surface area contributed by atoms with Crippen molar-refractivity contribution in [1.29, 1.82) is 0 Å². The molecule has 0 aliphatic carbocycles. The van der Waals surface area contributed by atoms with E-state index in [1.54, 1.807) is 4.68 Å². The lowest BCUT2D eigenvalue weighted by atomic mass is 10.0. The van der Waals surface area contributed by atoms with Gasteiger partial charge in [-0.15, -0.1) is 0 Å². The summed E-state index contributed by atoms with van der Waals surface area (Å²) in [5.41, 5.74) is 3.19. The van der Waals surface area contributed by atoms with Gasteiger partial charge in [0.15, 0.2) is 0 Å². The molecule has 2 rings (SSSR count). The van der Waals surface area contributed by atoms with Crippen LogP contribution in [0.3, 0.4) is 0 Å². The van der Waals surface area contributed by atoms with Crippen LogP contribution in [0.2, 0.25) is 0 Å². The first-order valence-electron chi connectivity index (χ1n) is 5.94. The second kappa shape index (κ2) is 5.15. The van der Waals surface area contributed by atoms with E-state index in [9.17, 15) is 5.11 Å². The van der Waals surface area contributed by atoms with E-state index in [0.717, 1.165) is 17.7 Å². The number of hydrogen-bond acceptors (Lipinski definition) is 2. The first-order chi connectivity index (χ1) is 8.19. The summed E-state index contributed by atoms with van der Waals surface area (Å²) in [6.07, 6.45) is 2.98. The average molecular weight is 230 g/mol. The highest BCUT2D eigenvalue weighted by molar-refractivity contribution is 5.23. The molecule has 0 saturated carbocycles. The standard InChI is InChI=1S/C14H18N2O/c1-3-11-4-6-12(7-5-11)10-14(17)13-8-9-16(2)15-13/h4-9,14,17H,3,10H2,1-2H3. The lowest BCUT2D eigenvalue weighted by molar-refractivity contribution is 0.173. The Labute approximate surface area is 102 Å². The van der Waals surface area contributed by atoms with Crippen molar-refractivity contribution in [3.63, 3.8) is 0 Å². The Kier molecular flexibility index (Phi) is 3.59. The number of aliphatic hydroxyl groups is 1. The summed E-state index contributed by atoms with van der Waals surface area (Å²) in [5, 5.41) is 14.2. The number of benzene rings is 1. The Balaban J connectivity index is 2.04. The molecule has 1 N–H and O–H groups in total. The molecule has 0 radical (unpaired) electrons. The summed E-state index contributed by atoms with van der Waals surface area (Å²) in [5.74, 6) is 0. The molecule has 17 heavy (non-hydrogen) atoms. The third-order valence-electron chi connectivity index (χ3n) is 2.94. The number of aliphatic hydroxyl groups excluding tert-OH is 1. The van der Waals surface area contributed by atoms with Crippen LogP contribution in [0, 0.1) is 0 Å². The van der Waals surface area contributed by atoms with E-state index in [0.29, 0.717) is 6.42 Å². The number of rotatable bonds is 4. The Morgan fingerprint density at radius 2 is 1.82 bits per heavy atom. The van der Waals surface area contributed by atoms with Gasteiger partial charge < -0.3 is 5.11 Å². The SMILES string of the molecule is CCc1ccc(CC(O)c2ccn(C)n2)cc1. The second-order valence-corrected chi connectivity index (χ2v) is 4.30. The predicted octanol–water partition coefficient (Wildman–Crippen LogP) is 2.26. The zero-order chi connectivity index (χ0) is 12.3. The summed E-state index contributed by atoms with van der Waals surface area (Å²) < 4.78 is 1.71. The lowest BCUT2D eigenvalue weighted by Gasteiger charge is -2.08. The van der Waals surface area contributed by atoms with Gasteiger partial charge in [0.1, 0.15) is 6.10 Å². The minimum atomic E-state index is -0.524. The Morgan fingerprint density at radius 3 is 2.35 bits per heavy atom. The van der Waals surface area contributed by atoms with Crippen molar-refractivity contribution in [3.05, 3.63) is 53.3 Å². The molecule has 1 atom stereocenters. The molecule has 3 nitrogen and oxygen atoms in total. The van der Waals surface area contributed by atoms with Crippen molar-refractivity contribution >= 4 is 0 Å². The van der Waals surface area contributed by atoms with E-state index in [4.69, 9.17) is 0 Å². The fourth-order valence-corrected chi connectivity index (χ4v) is 1.85. The fourth-order valence-electron chi connectivity index (χ4n) is 1.85. The summed E-state index contributed by atoms with van der Waals surface area (Å²) in [6, 6.07) is 10.2. The highest BCUT2D eigenvalue weighted by atomic mass is 16.3. The van der Waals surface area contributed by atoms with Crippen LogP contribution in [-0.2, 0) is 19.9 Å². The average Bonchev–Trinajstić information content (AvgIpc) is 2.77. The summed E-state index contributed by atoms with van der Waals surface area (Å²) in [4.78, 5) is 0. The van der Waals surface area contributed by atoms with Crippen LogP contribution in [0.25, 0.3) is 0 Å². The number of hydrogen-bond donors (Lipinski definition) is 1. The normalized spacial score (nSPS) is 12.6. The molecule has 2 aromatic rings. The van der Waals surface area contributed by atoms with Crippen LogP contribution < -0.4 is 0 Å². The van der Waals surface area contributed by atoms with Gasteiger partial charge in [0.2, 0.25) is 0 Å². The summed E-state index contributed by atoms with van der Waals surface area (Å²) >= 11 is 0. The molecular formula is C14H18N2O. The molecule has 0 amide bonds. The quantitative estimate of drug-likeness (QED) is 0.875. The molecular weight excluding hydrogens is 212 g/mol. The maximum absolute atomic E-state index is 10.0. The maximum atomic E-state index is 10.0. The molecule has 1 aromatic carbocycles. The molecule has 1 heterocycles. The smallest absolute Gasteiger partial charge is 0.102 e. The van der Waals surface area contributed by atoms with Gasteiger partial charge in [-0.3, -0.25) is 4.68 Å². The monoisotopic (exact) mass is 230 g/mol. The highest BCUT2D eigenvalue weighted by Gasteiger charge is 2.11. The molecule has 0 spiro atoms. The van der Waals surface area contributed by atoms with Crippen LogP contribution in [-0.4, -0.2) is 14.9 Å². The van der Waals surface area contributed by atoms with Gasteiger partial charge in [-0.25, -0.2) is 0 Å². The summed E-state index contributed by atoms with van der Waals surface area (Å²) in [6.45, 7) is 2.14. The van der Waals surface area contributed by atoms with Crippen molar-refractivity contribution in [1.82, 2.24) is 9.78 Å². The van der Waals surface area contributed by atoms with E-state index in [1.807, 2.05) is 19.3 Å². The molecule has 0 saturated heterocycles. The van der Waals surface area contributed by atoms with E-state index >= 15 is 0 Å².